The number of piperidine rings is 1. The maximum absolute atomic E-state index is 11.7. The van der Waals surface area contributed by atoms with E-state index >= 15 is 0 Å². The van der Waals surface area contributed by atoms with E-state index in [2.05, 4.69) is 29.1 Å². The van der Waals surface area contributed by atoms with Crippen LogP contribution in [-0.2, 0) is 0 Å². The maximum atomic E-state index is 11.7. The van der Waals surface area contributed by atoms with Crippen molar-refractivity contribution in [2.45, 2.75) is 18.9 Å². The summed E-state index contributed by atoms with van der Waals surface area (Å²) >= 11 is 0. The Kier molecular flexibility index (Phi) is 3.17. The lowest BCUT2D eigenvalue weighted by Gasteiger charge is -2.34. The zero-order chi connectivity index (χ0) is 11.5. The van der Waals surface area contributed by atoms with E-state index in [0.29, 0.717) is 6.04 Å². The molecule has 2 amide bonds. The largest absolute Gasteiger partial charge is 0.351 e. The van der Waals surface area contributed by atoms with Crippen LogP contribution < -0.4 is 0 Å². The van der Waals surface area contributed by atoms with Gasteiger partial charge >= 0.3 is 6.03 Å². The van der Waals surface area contributed by atoms with Gasteiger partial charge in [-0.3, -0.25) is 0 Å². The Morgan fingerprint density at radius 1 is 1.19 bits per heavy atom. The number of amides is 2. The number of hydrogen-bond donors (Lipinski definition) is 0. The second-order valence-electron chi connectivity index (χ2n) is 4.53. The van der Waals surface area contributed by atoms with E-state index in [-0.39, 0.29) is 6.03 Å². The van der Waals surface area contributed by atoms with Gasteiger partial charge in [-0.1, -0.05) is 0 Å². The topological polar surface area (TPSA) is 28.5 Å². The molecule has 0 atom stereocenters. The lowest BCUT2D eigenvalue weighted by molar-refractivity contribution is 0.148. The number of likely N-dealkylation sites (tertiary alicyclic amines) is 1. The SMILES string of the molecule is CN(C)C(=O)N1CCC(n2cccc2)CC1. The van der Waals surface area contributed by atoms with Gasteiger partial charge in [0.15, 0.2) is 0 Å². The third kappa shape index (κ3) is 2.21. The van der Waals surface area contributed by atoms with Crippen molar-refractivity contribution in [2.24, 2.45) is 0 Å². The van der Waals surface area contributed by atoms with Crippen molar-refractivity contribution < 1.29 is 4.79 Å². The van der Waals surface area contributed by atoms with Gasteiger partial charge in [-0.2, -0.15) is 0 Å². The highest BCUT2D eigenvalue weighted by molar-refractivity contribution is 5.73. The van der Waals surface area contributed by atoms with Gasteiger partial charge in [0.1, 0.15) is 0 Å². The minimum Gasteiger partial charge on any atom is -0.351 e. The molecule has 2 rings (SSSR count). The summed E-state index contributed by atoms with van der Waals surface area (Å²) in [6, 6.07) is 4.79. The maximum Gasteiger partial charge on any atom is 0.319 e. The summed E-state index contributed by atoms with van der Waals surface area (Å²) in [4.78, 5) is 15.3. The smallest absolute Gasteiger partial charge is 0.319 e. The van der Waals surface area contributed by atoms with Gasteiger partial charge in [0, 0.05) is 45.6 Å². The Balaban J connectivity index is 1.90. The average Bonchev–Trinajstić information content (AvgIpc) is 2.81. The standard InChI is InChI=1S/C12H19N3O/c1-13(2)12(16)15-9-5-11(6-10-15)14-7-3-4-8-14/h3-4,7-8,11H,5-6,9-10H2,1-2H3. The van der Waals surface area contributed by atoms with Crippen LogP contribution in [0.25, 0.3) is 0 Å². The first-order valence-electron chi connectivity index (χ1n) is 5.77. The van der Waals surface area contributed by atoms with E-state index in [9.17, 15) is 4.79 Å². The van der Waals surface area contributed by atoms with Gasteiger partial charge in [-0.15, -0.1) is 0 Å². The van der Waals surface area contributed by atoms with E-state index < -0.39 is 0 Å². The third-order valence-electron chi connectivity index (χ3n) is 3.17. The molecule has 16 heavy (non-hydrogen) atoms. The molecule has 4 nitrogen and oxygen atoms in total. The molecule has 0 radical (unpaired) electrons. The second kappa shape index (κ2) is 4.60. The first kappa shape index (κ1) is 11.0. The zero-order valence-corrected chi connectivity index (χ0v) is 9.97. The molecule has 1 aromatic heterocycles. The Hall–Kier alpha value is -1.45. The molecule has 88 valence electrons. The van der Waals surface area contributed by atoms with Crippen LogP contribution in [-0.4, -0.2) is 47.6 Å². The Bertz CT molecular complexity index is 337. The van der Waals surface area contributed by atoms with Crippen molar-refractivity contribution in [3.8, 4) is 0 Å². The molecule has 0 aromatic carbocycles. The number of hydrogen-bond acceptors (Lipinski definition) is 1. The van der Waals surface area contributed by atoms with Crippen LogP contribution in [0.4, 0.5) is 4.79 Å². The molecule has 0 bridgehead atoms. The summed E-state index contributed by atoms with van der Waals surface area (Å²) < 4.78 is 2.25. The first-order valence-corrected chi connectivity index (χ1v) is 5.77. The highest BCUT2D eigenvalue weighted by Crippen LogP contribution is 2.22. The summed E-state index contributed by atoms with van der Waals surface area (Å²) in [7, 11) is 3.61. The fraction of sp³-hybridized carbons (Fsp3) is 0.583. The fourth-order valence-corrected chi connectivity index (χ4v) is 2.23. The molecule has 1 aliphatic rings. The van der Waals surface area contributed by atoms with Crippen molar-refractivity contribution in [3.05, 3.63) is 24.5 Å². The van der Waals surface area contributed by atoms with Crippen LogP contribution >= 0.6 is 0 Å². The predicted molar refractivity (Wildman–Crippen MR) is 63.4 cm³/mol. The molecular weight excluding hydrogens is 202 g/mol. The van der Waals surface area contributed by atoms with E-state index in [4.69, 9.17) is 0 Å². The first-order chi connectivity index (χ1) is 7.68. The van der Waals surface area contributed by atoms with Gasteiger partial charge < -0.3 is 14.4 Å². The van der Waals surface area contributed by atoms with E-state index in [1.807, 2.05) is 4.90 Å². The lowest BCUT2D eigenvalue weighted by atomic mass is 10.1. The molecular formula is C12H19N3O. The van der Waals surface area contributed by atoms with Crippen molar-refractivity contribution in [1.29, 1.82) is 0 Å². The lowest BCUT2D eigenvalue weighted by Crippen LogP contribution is -2.44. The van der Waals surface area contributed by atoms with Gasteiger partial charge in [0.25, 0.3) is 0 Å². The van der Waals surface area contributed by atoms with Crippen LogP contribution in [0, 0.1) is 0 Å². The van der Waals surface area contributed by atoms with Crippen LogP contribution in [0.1, 0.15) is 18.9 Å². The number of carbonyl (C=O) groups excluding carboxylic acids is 1. The van der Waals surface area contributed by atoms with Crippen LogP contribution in [0.5, 0.6) is 0 Å². The summed E-state index contributed by atoms with van der Waals surface area (Å²) in [6.45, 7) is 1.72. The highest BCUT2D eigenvalue weighted by Gasteiger charge is 2.23. The van der Waals surface area contributed by atoms with E-state index in [1.165, 1.54) is 0 Å². The molecule has 0 unspecified atom stereocenters. The predicted octanol–water partition coefficient (Wildman–Crippen LogP) is 1.81. The Labute approximate surface area is 96.4 Å². The summed E-state index contributed by atoms with van der Waals surface area (Å²) in [5.74, 6) is 0. The van der Waals surface area contributed by atoms with Gasteiger partial charge in [-0.25, -0.2) is 4.79 Å². The quantitative estimate of drug-likeness (QED) is 0.711. The third-order valence-corrected chi connectivity index (χ3v) is 3.17. The number of nitrogens with zero attached hydrogens (tertiary/aromatic N) is 3. The van der Waals surface area contributed by atoms with Crippen LogP contribution in [0.3, 0.4) is 0 Å². The monoisotopic (exact) mass is 221 g/mol. The minimum absolute atomic E-state index is 0.131. The van der Waals surface area contributed by atoms with Gasteiger partial charge in [0.05, 0.1) is 0 Å². The van der Waals surface area contributed by atoms with Crippen molar-refractivity contribution in [2.75, 3.05) is 27.2 Å². The number of rotatable bonds is 1. The minimum atomic E-state index is 0.131. The van der Waals surface area contributed by atoms with E-state index in [1.54, 1.807) is 19.0 Å². The van der Waals surface area contributed by atoms with Crippen molar-refractivity contribution in [3.63, 3.8) is 0 Å². The normalized spacial score (nSPS) is 17.5. The number of carbonyl (C=O) groups is 1. The molecule has 0 N–H and O–H groups in total. The molecule has 2 heterocycles. The molecule has 0 spiro atoms. The molecule has 1 fully saturated rings. The molecule has 1 saturated heterocycles. The number of urea groups is 1. The second-order valence-corrected chi connectivity index (χ2v) is 4.53. The Morgan fingerprint density at radius 2 is 1.75 bits per heavy atom. The van der Waals surface area contributed by atoms with Gasteiger partial charge in [0.2, 0.25) is 0 Å². The van der Waals surface area contributed by atoms with Crippen molar-refractivity contribution >= 4 is 6.03 Å². The summed E-state index contributed by atoms with van der Waals surface area (Å²) in [6.07, 6.45) is 6.31. The zero-order valence-electron chi connectivity index (χ0n) is 9.97. The highest BCUT2D eigenvalue weighted by atomic mass is 16.2. The molecule has 1 aromatic rings. The molecule has 0 aliphatic carbocycles. The van der Waals surface area contributed by atoms with Crippen LogP contribution in [0.2, 0.25) is 0 Å². The summed E-state index contributed by atoms with van der Waals surface area (Å²) in [5, 5.41) is 0. The molecule has 4 heteroatoms. The molecule has 0 saturated carbocycles. The fourth-order valence-electron chi connectivity index (χ4n) is 2.23. The van der Waals surface area contributed by atoms with E-state index in [0.717, 1.165) is 25.9 Å². The van der Waals surface area contributed by atoms with Crippen molar-refractivity contribution in [1.82, 2.24) is 14.4 Å². The van der Waals surface area contributed by atoms with Crippen LogP contribution in [0.15, 0.2) is 24.5 Å². The summed E-state index contributed by atoms with van der Waals surface area (Å²) in [5.41, 5.74) is 0. The van der Waals surface area contributed by atoms with Gasteiger partial charge in [-0.05, 0) is 25.0 Å². The Morgan fingerprint density at radius 3 is 2.25 bits per heavy atom. The number of aromatic nitrogens is 1. The molecule has 1 aliphatic heterocycles. The average molecular weight is 221 g/mol.